The van der Waals surface area contributed by atoms with Crippen molar-refractivity contribution in [1.82, 2.24) is 0 Å². The van der Waals surface area contributed by atoms with Crippen LogP contribution in [0, 0.1) is 0 Å². The molecule has 3 heteroatoms. The topological polar surface area (TPSA) is 37.3 Å². The Morgan fingerprint density at radius 2 is 2.08 bits per heavy atom. The Kier molecular flexibility index (Phi) is 7.36. The predicted octanol–water partition coefficient (Wildman–Crippen LogP) is 2.77. The molecular weight excluding hydrogens is 172 g/mol. The summed E-state index contributed by atoms with van der Waals surface area (Å²) in [7, 11) is 0. The van der Waals surface area contributed by atoms with Crippen LogP contribution < -0.4 is 0 Å². The summed E-state index contributed by atoms with van der Waals surface area (Å²) in [4.78, 5) is 10.6. The lowest BCUT2D eigenvalue weighted by Gasteiger charge is -2.08. The first-order valence-electron chi connectivity index (χ1n) is 4.56. The Labute approximate surface area is 78.7 Å². The van der Waals surface area contributed by atoms with Gasteiger partial charge in [-0.1, -0.05) is 26.7 Å². The Morgan fingerprint density at radius 3 is 2.50 bits per heavy atom. The predicted molar refractivity (Wildman–Crippen MR) is 53.7 cm³/mol. The molecule has 1 N–H and O–H groups in total. The smallest absolute Gasteiger partial charge is 0.316 e. The van der Waals surface area contributed by atoms with E-state index in [0.29, 0.717) is 0 Å². The van der Waals surface area contributed by atoms with Gasteiger partial charge in [-0.15, -0.1) is 11.8 Å². The van der Waals surface area contributed by atoms with Crippen LogP contribution in [0.25, 0.3) is 0 Å². The maximum absolute atomic E-state index is 10.6. The summed E-state index contributed by atoms with van der Waals surface area (Å²) >= 11 is 1.57. The van der Waals surface area contributed by atoms with Gasteiger partial charge in [0.25, 0.3) is 0 Å². The second-order valence-corrected chi connectivity index (χ2v) is 4.12. The molecule has 1 unspecified atom stereocenters. The molecule has 0 aliphatic carbocycles. The minimum absolute atomic E-state index is 0.193. The molecule has 0 radical (unpaired) electrons. The minimum atomic E-state index is -0.668. The Balaban J connectivity index is 3.38. The summed E-state index contributed by atoms with van der Waals surface area (Å²) in [5.74, 6) is 0.317. The highest BCUT2D eigenvalue weighted by molar-refractivity contribution is 8.00. The van der Waals surface area contributed by atoms with Crippen molar-refractivity contribution in [2.75, 3.05) is 5.75 Å². The van der Waals surface area contributed by atoms with Gasteiger partial charge in [0.15, 0.2) is 0 Å². The number of carboxylic acids is 1. The number of carbonyl (C=O) groups is 1. The van der Waals surface area contributed by atoms with Crippen LogP contribution in [0.15, 0.2) is 0 Å². The fourth-order valence-electron chi connectivity index (χ4n) is 0.941. The molecule has 0 aliphatic rings. The summed E-state index contributed by atoms with van der Waals surface area (Å²) in [5, 5.41) is 8.52. The third-order valence-corrected chi connectivity index (χ3v) is 3.17. The van der Waals surface area contributed by atoms with Crippen LogP contribution >= 0.6 is 11.8 Å². The molecule has 0 aromatic heterocycles. The first kappa shape index (κ1) is 11.8. The molecule has 0 aromatic carbocycles. The zero-order chi connectivity index (χ0) is 9.40. The van der Waals surface area contributed by atoms with Crippen molar-refractivity contribution in [2.45, 2.75) is 44.8 Å². The number of aliphatic carboxylic acids is 1. The summed E-state index contributed by atoms with van der Waals surface area (Å²) in [6.07, 6.45) is 4.28. The van der Waals surface area contributed by atoms with Crippen LogP contribution in [0.5, 0.6) is 0 Å². The van der Waals surface area contributed by atoms with E-state index >= 15 is 0 Å². The second kappa shape index (κ2) is 7.47. The van der Waals surface area contributed by atoms with E-state index in [1.165, 1.54) is 12.8 Å². The van der Waals surface area contributed by atoms with Crippen molar-refractivity contribution in [2.24, 2.45) is 0 Å². The van der Waals surface area contributed by atoms with Crippen molar-refractivity contribution in [3.05, 3.63) is 0 Å². The zero-order valence-electron chi connectivity index (χ0n) is 7.88. The van der Waals surface area contributed by atoms with Crippen LogP contribution in [0.4, 0.5) is 0 Å². The molecule has 0 bridgehead atoms. The monoisotopic (exact) mass is 190 g/mol. The van der Waals surface area contributed by atoms with Crippen molar-refractivity contribution in [3.8, 4) is 0 Å². The van der Waals surface area contributed by atoms with Gasteiger partial charge in [-0.3, -0.25) is 4.79 Å². The van der Waals surface area contributed by atoms with Crippen LogP contribution in [0.2, 0.25) is 0 Å². The zero-order valence-corrected chi connectivity index (χ0v) is 8.69. The number of hydrogen-bond acceptors (Lipinski definition) is 2. The molecule has 0 spiro atoms. The quantitative estimate of drug-likeness (QED) is 0.627. The fraction of sp³-hybridized carbons (Fsp3) is 0.889. The van der Waals surface area contributed by atoms with Crippen molar-refractivity contribution in [3.63, 3.8) is 0 Å². The number of unbranched alkanes of at least 4 members (excludes halogenated alkanes) is 2. The van der Waals surface area contributed by atoms with Gasteiger partial charge in [-0.2, -0.15) is 0 Å². The highest BCUT2D eigenvalue weighted by Gasteiger charge is 2.13. The molecule has 72 valence electrons. The molecule has 0 aromatic rings. The van der Waals surface area contributed by atoms with E-state index in [1.807, 2.05) is 6.92 Å². The van der Waals surface area contributed by atoms with Gasteiger partial charge in [0.2, 0.25) is 0 Å². The molecule has 0 saturated heterocycles. The molecule has 2 nitrogen and oxygen atoms in total. The van der Waals surface area contributed by atoms with Crippen LogP contribution in [0.3, 0.4) is 0 Å². The maximum Gasteiger partial charge on any atom is 0.316 e. The lowest BCUT2D eigenvalue weighted by atomic mass is 10.3. The van der Waals surface area contributed by atoms with Gasteiger partial charge in [0.1, 0.15) is 5.25 Å². The van der Waals surface area contributed by atoms with Crippen LogP contribution in [-0.2, 0) is 4.79 Å². The van der Waals surface area contributed by atoms with Gasteiger partial charge in [-0.25, -0.2) is 0 Å². The molecule has 0 saturated carbocycles. The van der Waals surface area contributed by atoms with Gasteiger partial charge in [0, 0.05) is 0 Å². The number of hydrogen-bond donors (Lipinski definition) is 1. The van der Waals surface area contributed by atoms with Crippen molar-refractivity contribution in [1.29, 1.82) is 0 Å². The maximum atomic E-state index is 10.6. The average molecular weight is 190 g/mol. The highest BCUT2D eigenvalue weighted by Crippen LogP contribution is 2.16. The lowest BCUT2D eigenvalue weighted by Crippen LogP contribution is -2.15. The van der Waals surface area contributed by atoms with Crippen LogP contribution in [0.1, 0.15) is 39.5 Å². The van der Waals surface area contributed by atoms with E-state index in [-0.39, 0.29) is 5.25 Å². The third-order valence-electron chi connectivity index (χ3n) is 1.71. The van der Waals surface area contributed by atoms with E-state index in [4.69, 9.17) is 5.11 Å². The molecule has 0 aliphatic heterocycles. The summed E-state index contributed by atoms with van der Waals surface area (Å²) in [5.41, 5.74) is 0. The van der Waals surface area contributed by atoms with Crippen molar-refractivity contribution >= 4 is 17.7 Å². The highest BCUT2D eigenvalue weighted by atomic mass is 32.2. The van der Waals surface area contributed by atoms with E-state index in [2.05, 4.69) is 6.92 Å². The van der Waals surface area contributed by atoms with E-state index in [9.17, 15) is 4.79 Å². The van der Waals surface area contributed by atoms with Gasteiger partial charge < -0.3 is 5.11 Å². The largest absolute Gasteiger partial charge is 0.480 e. The lowest BCUT2D eigenvalue weighted by molar-refractivity contribution is -0.136. The number of carboxylic acid groups (broad SMARTS) is 1. The van der Waals surface area contributed by atoms with Crippen LogP contribution in [-0.4, -0.2) is 22.1 Å². The summed E-state index contributed by atoms with van der Waals surface area (Å²) in [6.45, 7) is 4.07. The molecule has 0 fully saturated rings. The molecule has 12 heavy (non-hydrogen) atoms. The van der Waals surface area contributed by atoms with Gasteiger partial charge >= 0.3 is 5.97 Å². The second-order valence-electron chi connectivity index (χ2n) is 2.81. The van der Waals surface area contributed by atoms with Gasteiger partial charge in [0.05, 0.1) is 0 Å². The number of rotatable bonds is 7. The summed E-state index contributed by atoms with van der Waals surface area (Å²) in [6, 6.07) is 0. The number of thioether (sulfide) groups is 1. The van der Waals surface area contributed by atoms with E-state index in [1.54, 1.807) is 11.8 Å². The molecule has 1 atom stereocenters. The molecule has 0 rings (SSSR count). The standard InChI is InChI=1S/C9H18O2S/c1-3-5-6-7-12-8(4-2)9(10)11/h8H,3-7H2,1-2H3,(H,10,11). The fourth-order valence-corrected chi connectivity index (χ4v) is 1.98. The summed E-state index contributed by atoms with van der Waals surface area (Å²) < 4.78 is 0. The Morgan fingerprint density at radius 1 is 1.42 bits per heavy atom. The van der Waals surface area contributed by atoms with E-state index in [0.717, 1.165) is 18.6 Å². The van der Waals surface area contributed by atoms with Crippen molar-refractivity contribution < 1.29 is 9.90 Å². The molecule has 0 amide bonds. The average Bonchev–Trinajstić information content (AvgIpc) is 2.04. The first-order chi connectivity index (χ1) is 5.72. The Hall–Kier alpha value is -0.180. The third kappa shape index (κ3) is 5.47. The minimum Gasteiger partial charge on any atom is -0.480 e. The van der Waals surface area contributed by atoms with E-state index < -0.39 is 5.97 Å². The van der Waals surface area contributed by atoms with Gasteiger partial charge in [-0.05, 0) is 18.6 Å². The SMILES string of the molecule is CCCCCSC(CC)C(=O)O. The molecular formula is C9H18O2S. The Bertz CT molecular complexity index is 126. The normalized spacial score (nSPS) is 12.8. The molecule has 0 heterocycles. The first-order valence-corrected chi connectivity index (χ1v) is 5.61.